The Balaban J connectivity index is 5.28. The highest BCUT2D eigenvalue weighted by atomic mass is 16.4. The minimum absolute atomic E-state index is 0.0203. The molecule has 0 aromatic carbocycles. The van der Waals surface area contributed by atoms with Gasteiger partial charge in [0, 0.05) is 13.0 Å². The zero-order chi connectivity index (χ0) is 25.7. The average molecular weight is 475 g/mol. The molecule has 4 amide bonds. The Morgan fingerprint density at radius 3 is 1.94 bits per heavy atom. The summed E-state index contributed by atoms with van der Waals surface area (Å²) in [5.41, 5.74) is 15.7. The number of rotatable bonds is 15. The van der Waals surface area contributed by atoms with Gasteiger partial charge in [-0.2, -0.15) is 0 Å². The number of guanidine groups is 1. The molecule has 15 heteroatoms. The third-order valence-corrected chi connectivity index (χ3v) is 4.39. The van der Waals surface area contributed by atoms with E-state index >= 15 is 0 Å². The van der Waals surface area contributed by atoms with Gasteiger partial charge in [0.15, 0.2) is 5.96 Å². The van der Waals surface area contributed by atoms with Gasteiger partial charge in [-0.1, -0.05) is 0 Å². The lowest BCUT2D eigenvalue weighted by Gasteiger charge is -2.26. The van der Waals surface area contributed by atoms with Crippen LogP contribution in [0.15, 0.2) is 0 Å². The third kappa shape index (κ3) is 12.2. The van der Waals surface area contributed by atoms with E-state index in [1.165, 1.54) is 13.8 Å². The summed E-state index contributed by atoms with van der Waals surface area (Å²) in [7, 11) is 0. The maximum absolute atomic E-state index is 12.7. The van der Waals surface area contributed by atoms with Gasteiger partial charge in [0.1, 0.15) is 18.1 Å². The normalized spacial score (nSPS) is 15.2. The van der Waals surface area contributed by atoms with Crippen molar-refractivity contribution < 1.29 is 34.2 Å². The van der Waals surface area contributed by atoms with E-state index in [2.05, 4.69) is 21.3 Å². The van der Waals surface area contributed by atoms with Crippen molar-refractivity contribution in [3.05, 3.63) is 0 Å². The number of aliphatic hydroxyl groups excluding tert-OH is 1. The van der Waals surface area contributed by atoms with Crippen molar-refractivity contribution in [2.24, 2.45) is 17.2 Å². The van der Waals surface area contributed by atoms with Crippen LogP contribution in [0.25, 0.3) is 0 Å². The van der Waals surface area contributed by atoms with Gasteiger partial charge in [0.05, 0.1) is 12.1 Å². The number of nitrogens with two attached hydrogens (primary N) is 3. The standard InChI is InChI=1S/C18H34N8O7/c1-8(19)14(29)24-10(5-6-12(20)28)15(30)26-13(9(2)27)16(31)25-11(17(32)33)4-3-7-23-18(21)22/h8-11,13,27H,3-7,19H2,1-2H3,(H2,20,28)(H,24,29)(H,25,31)(H,26,30)(H,32,33)(H4,21,22,23)/t8-,9+,10-,11-,13-/m0/s1. The second-order valence-electron chi connectivity index (χ2n) is 7.46. The highest BCUT2D eigenvalue weighted by Gasteiger charge is 2.32. The maximum Gasteiger partial charge on any atom is 0.326 e. The van der Waals surface area contributed by atoms with E-state index < -0.39 is 59.9 Å². The number of carboxylic acid groups (broad SMARTS) is 1. The number of hydrogen-bond donors (Lipinski definition) is 10. The molecule has 0 heterocycles. The molecule has 0 aromatic heterocycles. The molecule has 188 valence electrons. The van der Waals surface area contributed by atoms with Crippen LogP contribution in [0.1, 0.15) is 39.5 Å². The van der Waals surface area contributed by atoms with Crippen LogP contribution >= 0.6 is 0 Å². The van der Waals surface area contributed by atoms with Crippen molar-refractivity contribution in [1.29, 1.82) is 5.41 Å². The second-order valence-corrected chi connectivity index (χ2v) is 7.46. The molecule has 0 rings (SSSR count). The zero-order valence-electron chi connectivity index (χ0n) is 18.6. The maximum atomic E-state index is 12.7. The first-order valence-electron chi connectivity index (χ1n) is 10.2. The molecule has 0 saturated heterocycles. The van der Waals surface area contributed by atoms with Gasteiger partial charge in [-0.15, -0.1) is 0 Å². The summed E-state index contributed by atoms with van der Waals surface area (Å²) >= 11 is 0. The van der Waals surface area contributed by atoms with Gasteiger partial charge < -0.3 is 48.7 Å². The zero-order valence-corrected chi connectivity index (χ0v) is 18.6. The molecule has 0 aliphatic heterocycles. The quantitative estimate of drug-likeness (QED) is 0.0620. The molecular weight excluding hydrogens is 440 g/mol. The number of carbonyl (C=O) groups is 5. The third-order valence-electron chi connectivity index (χ3n) is 4.39. The summed E-state index contributed by atoms with van der Waals surface area (Å²) in [6.07, 6.45) is -1.63. The van der Waals surface area contributed by atoms with Crippen LogP contribution in [-0.4, -0.2) is 82.6 Å². The number of nitrogens with one attached hydrogen (secondary N) is 5. The fourth-order valence-corrected chi connectivity index (χ4v) is 2.57. The van der Waals surface area contributed by atoms with Crippen LogP contribution in [0.3, 0.4) is 0 Å². The van der Waals surface area contributed by atoms with E-state index in [4.69, 9.17) is 22.6 Å². The summed E-state index contributed by atoms with van der Waals surface area (Å²) < 4.78 is 0. The van der Waals surface area contributed by atoms with Gasteiger partial charge in [-0.05, 0) is 33.1 Å². The van der Waals surface area contributed by atoms with Gasteiger partial charge in [0.25, 0.3) is 0 Å². The van der Waals surface area contributed by atoms with E-state index in [0.29, 0.717) is 0 Å². The Hall–Kier alpha value is -3.46. The minimum Gasteiger partial charge on any atom is -0.480 e. The van der Waals surface area contributed by atoms with Crippen LogP contribution < -0.4 is 38.5 Å². The first kappa shape index (κ1) is 29.5. The molecule has 0 radical (unpaired) electrons. The minimum atomic E-state index is -1.56. The summed E-state index contributed by atoms with van der Waals surface area (Å²) in [5, 5.41) is 35.7. The molecule has 33 heavy (non-hydrogen) atoms. The molecule has 0 bridgehead atoms. The number of carboxylic acids is 1. The molecule has 0 unspecified atom stereocenters. The number of hydrogen-bond acceptors (Lipinski definition) is 8. The lowest BCUT2D eigenvalue weighted by molar-refractivity contribution is -0.143. The van der Waals surface area contributed by atoms with Gasteiger partial charge in [-0.25, -0.2) is 4.79 Å². The van der Waals surface area contributed by atoms with E-state index in [9.17, 15) is 34.2 Å². The van der Waals surface area contributed by atoms with Crippen LogP contribution in [0.2, 0.25) is 0 Å². The SMILES string of the molecule is C[C@H](N)C(=O)N[C@@H](CCC(N)=O)C(=O)N[C@H](C(=O)N[C@@H](CCCNC(=N)N)C(=O)O)[C@@H](C)O. The van der Waals surface area contributed by atoms with E-state index in [0.717, 1.165) is 0 Å². The summed E-state index contributed by atoms with van der Waals surface area (Å²) in [5.74, 6) is -4.92. The molecule has 5 atom stereocenters. The fourth-order valence-electron chi connectivity index (χ4n) is 2.57. The largest absolute Gasteiger partial charge is 0.480 e. The fraction of sp³-hybridized carbons (Fsp3) is 0.667. The lowest BCUT2D eigenvalue weighted by Crippen LogP contribution is -2.59. The lowest BCUT2D eigenvalue weighted by atomic mass is 10.1. The van der Waals surface area contributed by atoms with E-state index in [1.54, 1.807) is 0 Å². The monoisotopic (exact) mass is 474 g/mol. The topological polar surface area (TPSA) is 276 Å². The molecule has 0 aliphatic carbocycles. The average Bonchev–Trinajstić information content (AvgIpc) is 2.69. The predicted molar refractivity (Wildman–Crippen MR) is 116 cm³/mol. The molecule has 13 N–H and O–H groups in total. The number of aliphatic carboxylic acids is 1. The highest BCUT2D eigenvalue weighted by molar-refractivity contribution is 5.94. The van der Waals surface area contributed by atoms with E-state index in [-0.39, 0.29) is 38.2 Å². The summed E-state index contributed by atoms with van der Waals surface area (Å²) in [4.78, 5) is 59.7. The summed E-state index contributed by atoms with van der Waals surface area (Å²) in [6.45, 7) is 2.78. The smallest absolute Gasteiger partial charge is 0.326 e. The number of amides is 4. The van der Waals surface area contributed by atoms with Crippen molar-refractivity contribution in [3.8, 4) is 0 Å². The second kappa shape index (κ2) is 14.6. The van der Waals surface area contributed by atoms with Crippen LogP contribution in [0.5, 0.6) is 0 Å². The van der Waals surface area contributed by atoms with Gasteiger partial charge >= 0.3 is 5.97 Å². The van der Waals surface area contributed by atoms with Crippen molar-refractivity contribution in [2.75, 3.05) is 6.54 Å². The number of carbonyl (C=O) groups excluding carboxylic acids is 4. The Morgan fingerprint density at radius 2 is 1.48 bits per heavy atom. The predicted octanol–water partition coefficient (Wildman–Crippen LogP) is -4.22. The van der Waals surface area contributed by atoms with Crippen LogP contribution in [-0.2, 0) is 24.0 Å². The Morgan fingerprint density at radius 1 is 0.909 bits per heavy atom. The van der Waals surface area contributed by atoms with Crippen LogP contribution in [0.4, 0.5) is 0 Å². The van der Waals surface area contributed by atoms with Crippen molar-refractivity contribution in [1.82, 2.24) is 21.3 Å². The van der Waals surface area contributed by atoms with Crippen molar-refractivity contribution in [3.63, 3.8) is 0 Å². The molecule has 0 aromatic rings. The number of primary amides is 1. The Kier molecular flexibility index (Phi) is 13.0. The van der Waals surface area contributed by atoms with Gasteiger partial charge in [0.2, 0.25) is 23.6 Å². The molecule has 0 aliphatic rings. The molecule has 0 spiro atoms. The molecule has 15 nitrogen and oxygen atoms in total. The number of aliphatic hydroxyl groups is 1. The molecule has 0 fully saturated rings. The molecule has 0 saturated carbocycles. The first-order chi connectivity index (χ1) is 15.3. The highest BCUT2D eigenvalue weighted by Crippen LogP contribution is 2.04. The van der Waals surface area contributed by atoms with Crippen LogP contribution in [0, 0.1) is 5.41 Å². The first-order valence-corrected chi connectivity index (χ1v) is 10.2. The van der Waals surface area contributed by atoms with E-state index in [1.807, 2.05) is 0 Å². The van der Waals surface area contributed by atoms with Crippen molar-refractivity contribution >= 4 is 35.6 Å². The van der Waals surface area contributed by atoms with Gasteiger partial charge in [-0.3, -0.25) is 24.6 Å². The molecular formula is C18H34N8O7. The Labute approximate surface area is 190 Å². The Bertz CT molecular complexity index is 729. The summed E-state index contributed by atoms with van der Waals surface area (Å²) in [6, 6.07) is -5.14. The van der Waals surface area contributed by atoms with Crippen molar-refractivity contribution in [2.45, 2.75) is 69.8 Å².